The van der Waals surface area contributed by atoms with Gasteiger partial charge in [-0.3, -0.25) is 0 Å². The lowest BCUT2D eigenvalue weighted by molar-refractivity contribution is -0.136. The van der Waals surface area contributed by atoms with E-state index in [9.17, 15) is 14.0 Å². The smallest absolute Gasteiger partial charge is 0.336 e. The van der Waals surface area contributed by atoms with E-state index in [1.807, 2.05) is 60.7 Å². The van der Waals surface area contributed by atoms with E-state index in [4.69, 9.17) is 14.2 Å². The zero-order valence-electron chi connectivity index (χ0n) is 21.8. The molecule has 0 spiro atoms. The molecular formula is C31H31FN2O5. The molecule has 0 saturated carbocycles. The first kappa shape index (κ1) is 26.3. The van der Waals surface area contributed by atoms with Crippen LogP contribution in [0.1, 0.15) is 30.4 Å². The Balaban J connectivity index is 1.36. The van der Waals surface area contributed by atoms with Crippen molar-refractivity contribution in [1.82, 2.24) is 10.2 Å². The average molecular weight is 531 g/mol. The number of carbonyl (C=O) groups is 2. The second-order valence-electron chi connectivity index (χ2n) is 9.55. The zero-order valence-corrected chi connectivity index (χ0v) is 21.8. The molecule has 1 saturated heterocycles. The van der Waals surface area contributed by atoms with Crippen LogP contribution in [-0.4, -0.2) is 49.2 Å². The second-order valence-corrected chi connectivity index (χ2v) is 9.55. The van der Waals surface area contributed by atoms with Gasteiger partial charge in [-0.1, -0.05) is 48.5 Å². The second kappa shape index (κ2) is 12.0. The average Bonchev–Trinajstić information content (AvgIpc) is 3.28. The predicted molar refractivity (Wildman–Crippen MR) is 145 cm³/mol. The van der Waals surface area contributed by atoms with E-state index in [1.54, 1.807) is 11.0 Å². The Labute approximate surface area is 227 Å². The van der Waals surface area contributed by atoms with Crippen molar-refractivity contribution in [2.45, 2.75) is 38.0 Å². The Morgan fingerprint density at radius 2 is 1.72 bits per heavy atom. The van der Waals surface area contributed by atoms with E-state index in [0.717, 1.165) is 23.3 Å². The Hall–Kier alpha value is -4.33. The van der Waals surface area contributed by atoms with Crippen LogP contribution >= 0.6 is 0 Å². The van der Waals surface area contributed by atoms with Gasteiger partial charge in [0.2, 0.25) is 0 Å². The number of esters is 1. The molecule has 2 aliphatic heterocycles. The summed E-state index contributed by atoms with van der Waals surface area (Å²) in [4.78, 5) is 28.1. The lowest BCUT2D eigenvalue weighted by Crippen LogP contribution is -2.51. The number of hydrogen-bond donors (Lipinski definition) is 1. The molecule has 2 atom stereocenters. The highest BCUT2D eigenvalue weighted by molar-refractivity contribution is 6.01. The van der Waals surface area contributed by atoms with Crippen LogP contribution in [0.15, 0.2) is 84.4 Å². The van der Waals surface area contributed by atoms with Crippen LogP contribution in [0.5, 0.6) is 11.5 Å². The van der Waals surface area contributed by atoms with E-state index in [2.05, 4.69) is 5.32 Å². The molecule has 1 N–H and O–H groups in total. The summed E-state index contributed by atoms with van der Waals surface area (Å²) in [6.45, 7) is 0.898. The fourth-order valence-electron chi connectivity index (χ4n) is 5.38. The predicted octanol–water partition coefficient (Wildman–Crippen LogP) is 5.36. The van der Waals surface area contributed by atoms with Crippen LogP contribution in [-0.2, 0) is 16.1 Å². The summed E-state index contributed by atoms with van der Waals surface area (Å²) in [6.07, 6.45) is 1.81. The minimum Gasteiger partial charge on any atom is -0.492 e. The maximum atomic E-state index is 14.3. The number of rotatable bonds is 9. The number of hydrogen-bond acceptors (Lipinski definition) is 5. The molecule has 39 heavy (non-hydrogen) atoms. The molecule has 0 aromatic heterocycles. The third-order valence-electron chi connectivity index (χ3n) is 7.14. The van der Waals surface area contributed by atoms with Crippen molar-refractivity contribution < 1.29 is 28.2 Å². The highest BCUT2D eigenvalue weighted by Gasteiger charge is 2.47. The minimum absolute atomic E-state index is 0.111. The van der Waals surface area contributed by atoms with Gasteiger partial charge in [0.05, 0.1) is 25.3 Å². The van der Waals surface area contributed by atoms with Crippen LogP contribution < -0.4 is 14.8 Å². The van der Waals surface area contributed by atoms with Crippen molar-refractivity contribution in [2.75, 3.05) is 20.3 Å². The number of methoxy groups -OCH3 is 1. The number of halogens is 1. The third kappa shape index (κ3) is 5.90. The fraction of sp³-hybridized carbons (Fsp3) is 0.290. The molecule has 2 aliphatic rings. The quantitative estimate of drug-likeness (QED) is 0.298. The summed E-state index contributed by atoms with van der Waals surface area (Å²) in [5.41, 5.74) is 2.73. The van der Waals surface area contributed by atoms with Crippen LogP contribution in [0.3, 0.4) is 0 Å². The number of nitrogens with one attached hydrogen (secondary N) is 1. The monoisotopic (exact) mass is 530 g/mol. The fourth-order valence-corrected chi connectivity index (χ4v) is 5.38. The summed E-state index contributed by atoms with van der Waals surface area (Å²) in [6, 6.07) is 22.5. The van der Waals surface area contributed by atoms with Crippen molar-refractivity contribution in [2.24, 2.45) is 0 Å². The van der Waals surface area contributed by atoms with Gasteiger partial charge in [0.1, 0.15) is 30.5 Å². The molecule has 2 heterocycles. The van der Waals surface area contributed by atoms with Gasteiger partial charge in [-0.05, 0) is 54.7 Å². The third-order valence-corrected chi connectivity index (χ3v) is 7.14. The standard InChI is InChI=1S/C31H31FN2O5/c1-37-30(35)29-26(25-14-12-22(32)18-28(25)39-20-21-8-4-2-5-9-21)19-23-13-15-27(29)34(23)31(36)33-16-17-38-24-10-6-3-7-11-24/h2-12,14,18,23,27H,13,15-17,19-20H2,1H3,(H,33,36)/t23-,27+/m0/s1. The number of ether oxygens (including phenoxy) is 3. The van der Waals surface area contributed by atoms with Gasteiger partial charge in [-0.15, -0.1) is 0 Å². The van der Waals surface area contributed by atoms with Gasteiger partial charge in [0, 0.05) is 17.7 Å². The van der Waals surface area contributed by atoms with Gasteiger partial charge in [0.25, 0.3) is 0 Å². The first-order chi connectivity index (χ1) is 19.0. The van der Waals surface area contributed by atoms with E-state index < -0.39 is 17.8 Å². The lowest BCUT2D eigenvalue weighted by atomic mass is 9.88. The number of urea groups is 1. The molecule has 5 rings (SSSR count). The molecule has 0 unspecified atom stereocenters. The molecule has 202 valence electrons. The molecule has 0 radical (unpaired) electrons. The highest BCUT2D eigenvalue weighted by Crippen LogP contribution is 2.45. The van der Waals surface area contributed by atoms with Crippen LogP contribution in [0.25, 0.3) is 5.57 Å². The molecule has 2 bridgehead atoms. The molecule has 3 aromatic carbocycles. The van der Waals surface area contributed by atoms with Gasteiger partial charge < -0.3 is 24.4 Å². The highest BCUT2D eigenvalue weighted by atomic mass is 19.1. The van der Waals surface area contributed by atoms with Gasteiger partial charge in [-0.25, -0.2) is 14.0 Å². The van der Waals surface area contributed by atoms with Gasteiger partial charge >= 0.3 is 12.0 Å². The van der Waals surface area contributed by atoms with E-state index in [0.29, 0.717) is 42.9 Å². The van der Waals surface area contributed by atoms with E-state index in [-0.39, 0.29) is 18.7 Å². The van der Waals surface area contributed by atoms with Crippen LogP contribution in [0.2, 0.25) is 0 Å². The molecular weight excluding hydrogens is 499 g/mol. The largest absolute Gasteiger partial charge is 0.492 e. The Kier molecular flexibility index (Phi) is 8.10. The molecule has 8 heteroatoms. The van der Waals surface area contributed by atoms with Gasteiger partial charge in [-0.2, -0.15) is 0 Å². The maximum absolute atomic E-state index is 14.3. The number of nitrogens with zero attached hydrogens (tertiary/aromatic N) is 1. The number of benzene rings is 3. The topological polar surface area (TPSA) is 77.1 Å². The van der Waals surface area contributed by atoms with Crippen LogP contribution in [0, 0.1) is 5.82 Å². The molecule has 2 amide bonds. The van der Waals surface area contributed by atoms with Crippen LogP contribution in [0.4, 0.5) is 9.18 Å². The number of amides is 2. The zero-order chi connectivity index (χ0) is 27.2. The maximum Gasteiger partial charge on any atom is 0.336 e. The number of para-hydroxylation sites is 1. The molecule has 0 aliphatic carbocycles. The summed E-state index contributed by atoms with van der Waals surface area (Å²) >= 11 is 0. The minimum atomic E-state index is -0.501. The molecule has 7 nitrogen and oxygen atoms in total. The summed E-state index contributed by atoms with van der Waals surface area (Å²) in [7, 11) is 1.33. The SMILES string of the molecule is COC(=O)C1=C(c2ccc(F)cc2OCc2ccccc2)C[C@@H]2CC[C@H]1N2C(=O)NCCOc1ccccc1. The van der Waals surface area contributed by atoms with Crippen molar-refractivity contribution in [3.05, 3.63) is 101 Å². The van der Waals surface area contributed by atoms with E-state index >= 15 is 0 Å². The van der Waals surface area contributed by atoms with Crippen molar-refractivity contribution in [1.29, 1.82) is 0 Å². The summed E-state index contributed by atoms with van der Waals surface area (Å²) in [5.74, 6) is 0.152. The van der Waals surface area contributed by atoms with Crippen molar-refractivity contribution in [3.63, 3.8) is 0 Å². The summed E-state index contributed by atoms with van der Waals surface area (Å²) < 4.78 is 31.2. The summed E-state index contributed by atoms with van der Waals surface area (Å²) in [5, 5.41) is 2.93. The van der Waals surface area contributed by atoms with Gasteiger partial charge in [0.15, 0.2) is 0 Å². The number of fused-ring (bicyclic) bond motifs is 2. The Morgan fingerprint density at radius 1 is 0.974 bits per heavy atom. The van der Waals surface area contributed by atoms with Crippen molar-refractivity contribution >= 4 is 17.6 Å². The Morgan fingerprint density at radius 3 is 2.46 bits per heavy atom. The molecule has 3 aromatic rings. The van der Waals surface area contributed by atoms with E-state index in [1.165, 1.54) is 19.2 Å². The molecule has 1 fully saturated rings. The lowest BCUT2D eigenvalue weighted by Gasteiger charge is -2.37. The Bertz CT molecular complexity index is 1350. The first-order valence-electron chi connectivity index (χ1n) is 13.1. The number of carbonyl (C=O) groups excluding carboxylic acids is 2. The normalized spacial score (nSPS) is 18.1. The first-order valence-corrected chi connectivity index (χ1v) is 13.1. The van der Waals surface area contributed by atoms with Crippen molar-refractivity contribution in [3.8, 4) is 11.5 Å².